The summed E-state index contributed by atoms with van der Waals surface area (Å²) in [6, 6.07) is 16.2. The third-order valence-electron chi connectivity index (χ3n) is 6.47. The molecule has 0 saturated carbocycles. The van der Waals surface area contributed by atoms with Gasteiger partial charge < -0.3 is 9.31 Å². The van der Waals surface area contributed by atoms with E-state index in [1.54, 1.807) is 11.3 Å². The number of allylic oxidation sites excluding steroid dienone is 1. The zero-order chi connectivity index (χ0) is 22.9. The number of hydrogen-bond acceptors (Lipinski definition) is 5. The van der Waals surface area contributed by atoms with Gasteiger partial charge in [0, 0.05) is 11.8 Å². The van der Waals surface area contributed by atoms with Crippen LogP contribution in [0.25, 0.3) is 16.0 Å². The molecule has 2 heterocycles. The summed E-state index contributed by atoms with van der Waals surface area (Å²) < 4.78 is 12.9. The standard InChI is InChI=1S/C26H28BNO3S/c1-6-22(27-30-25(2,3)26(4,5)31-27)24(20-9-7-18(16-29)8-10-20)21-13-11-19(12-14-21)23-15-28-17-32-23/h7-17H,6H2,1-5H3/b24-22+. The van der Waals surface area contributed by atoms with Crippen molar-refractivity contribution < 1.29 is 14.1 Å². The second kappa shape index (κ2) is 8.78. The van der Waals surface area contributed by atoms with Gasteiger partial charge in [-0.2, -0.15) is 0 Å². The van der Waals surface area contributed by atoms with Gasteiger partial charge in [-0.1, -0.05) is 55.5 Å². The molecule has 0 atom stereocenters. The van der Waals surface area contributed by atoms with Gasteiger partial charge in [0.2, 0.25) is 0 Å². The molecule has 0 bridgehead atoms. The van der Waals surface area contributed by atoms with Crippen LogP contribution in [0, 0.1) is 0 Å². The van der Waals surface area contributed by atoms with E-state index in [0.717, 1.165) is 45.3 Å². The van der Waals surface area contributed by atoms with Gasteiger partial charge in [-0.25, -0.2) is 0 Å². The quantitative estimate of drug-likeness (QED) is 0.323. The molecule has 4 nitrogen and oxygen atoms in total. The fraction of sp³-hybridized carbons (Fsp3) is 0.308. The van der Waals surface area contributed by atoms with Gasteiger partial charge in [-0.15, -0.1) is 11.3 Å². The van der Waals surface area contributed by atoms with Crippen LogP contribution >= 0.6 is 11.3 Å². The van der Waals surface area contributed by atoms with E-state index >= 15 is 0 Å². The Hall–Kier alpha value is -2.54. The van der Waals surface area contributed by atoms with Gasteiger partial charge in [-0.05, 0) is 61.9 Å². The van der Waals surface area contributed by atoms with E-state index in [1.807, 2.05) is 36.0 Å². The summed E-state index contributed by atoms with van der Waals surface area (Å²) in [7, 11) is -0.438. The average Bonchev–Trinajstić information content (AvgIpc) is 3.38. The summed E-state index contributed by atoms with van der Waals surface area (Å²) in [5.74, 6) is 0. The fourth-order valence-electron chi connectivity index (χ4n) is 3.87. The van der Waals surface area contributed by atoms with E-state index in [0.29, 0.717) is 5.56 Å². The number of aldehydes is 1. The van der Waals surface area contributed by atoms with Crippen molar-refractivity contribution in [1.29, 1.82) is 0 Å². The maximum Gasteiger partial charge on any atom is 0.491 e. The Morgan fingerprint density at radius 3 is 2.00 bits per heavy atom. The van der Waals surface area contributed by atoms with Crippen LogP contribution in [0.15, 0.2) is 65.7 Å². The first-order chi connectivity index (χ1) is 15.3. The van der Waals surface area contributed by atoms with Gasteiger partial charge in [0.1, 0.15) is 6.29 Å². The number of carbonyl (C=O) groups excluding carboxylic acids is 1. The van der Waals surface area contributed by atoms with Crippen molar-refractivity contribution in [2.45, 2.75) is 52.2 Å². The van der Waals surface area contributed by atoms with Crippen LogP contribution in [-0.2, 0) is 9.31 Å². The van der Waals surface area contributed by atoms with Gasteiger partial charge in [0.25, 0.3) is 0 Å². The molecule has 1 fully saturated rings. The lowest BCUT2D eigenvalue weighted by molar-refractivity contribution is 0.00578. The van der Waals surface area contributed by atoms with Crippen LogP contribution in [0.1, 0.15) is 62.5 Å². The minimum absolute atomic E-state index is 0.416. The summed E-state index contributed by atoms with van der Waals surface area (Å²) >= 11 is 1.63. The topological polar surface area (TPSA) is 48.4 Å². The van der Waals surface area contributed by atoms with Crippen molar-refractivity contribution in [1.82, 2.24) is 4.98 Å². The highest BCUT2D eigenvalue weighted by molar-refractivity contribution is 7.13. The van der Waals surface area contributed by atoms with Crippen LogP contribution in [-0.4, -0.2) is 29.6 Å². The number of aromatic nitrogens is 1. The molecule has 4 rings (SSSR count). The Bertz CT molecular complexity index is 1100. The molecule has 0 radical (unpaired) electrons. The highest BCUT2D eigenvalue weighted by Gasteiger charge is 2.52. The van der Waals surface area contributed by atoms with E-state index in [9.17, 15) is 4.79 Å². The molecule has 0 N–H and O–H groups in total. The van der Waals surface area contributed by atoms with Crippen molar-refractivity contribution >= 4 is 30.3 Å². The smallest absolute Gasteiger partial charge is 0.400 e. The van der Waals surface area contributed by atoms with E-state index in [-0.39, 0.29) is 0 Å². The molecule has 0 aliphatic carbocycles. The summed E-state index contributed by atoms with van der Waals surface area (Å²) in [5.41, 5.74) is 7.10. The first-order valence-electron chi connectivity index (χ1n) is 10.9. The van der Waals surface area contributed by atoms with Crippen LogP contribution < -0.4 is 0 Å². The molecule has 1 saturated heterocycles. The minimum atomic E-state index is -0.438. The molecule has 0 unspecified atom stereocenters. The predicted molar refractivity (Wildman–Crippen MR) is 132 cm³/mol. The number of thiazole rings is 1. The Labute approximate surface area is 194 Å². The third-order valence-corrected chi connectivity index (χ3v) is 7.29. The maximum atomic E-state index is 11.2. The molecule has 164 valence electrons. The Morgan fingerprint density at radius 2 is 1.53 bits per heavy atom. The summed E-state index contributed by atoms with van der Waals surface area (Å²) in [4.78, 5) is 16.5. The molecular formula is C26H28BNO3S. The number of rotatable bonds is 6. The normalized spacial score (nSPS) is 17.8. The average molecular weight is 445 g/mol. The number of nitrogens with zero attached hydrogens (tertiary/aromatic N) is 1. The number of hydrogen-bond donors (Lipinski definition) is 0. The number of carbonyl (C=O) groups is 1. The maximum absolute atomic E-state index is 11.2. The largest absolute Gasteiger partial charge is 0.491 e. The third kappa shape index (κ3) is 4.23. The summed E-state index contributed by atoms with van der Waals surface area (Å²) in [6.07, 6.45) is 3.53. The zero-order valence-electron chi connectivity index (χ0n) is 19.2. The number of benzene rings is 2. The Morgan fingerprint density at radius 1 is 0.969 bits per heavy atom. The van der Waals surface area contributed by atoms with Crippen molar-refractivity contribution in [2.24, 2.45) is 0 Å². The highest BCUT2D eigenvalue weighted by Crippen LogP contribution is 2.42. The van der Waals surface area contributed by atoms with Gasteiger partial charge in [0.15, 0.2) is 0 Å². The molecule has 2 aromatic carbocycles. The molecule has 1 aromatic heterocycles. The van der Waals surface area contributed by atoms with E-state index in [2.05, 4.69) is 63.9 Å². The van der Waals surface area contributed by atoms with Gasteiger partial charge >= 0.3 is 7.12 Å². The van der Waals surface area contributed by atoms with Gasteiger partial charge in [-0.3, -0.25) is 9.78 Å². The lowest BCUT2D eigenvalue weighted by atomic mass is 9.70. The molecule has 32 heavy (non-hydrogen) atoms. The first kappa shape index (κ1) is 22.7. The zero-order valence-corrected chi connectivity index (χ0v) is 20.0. The molecule has 3 aromatic rings. The second-order valence-corrected chi connectivity index (χ2v) is 9.91. The van der Waals surface area contributed by atoms with E-state index in [1.165, 1.54) is 0 Å². The van der Waals surface area contributed by atoms with Crippen molar-refractivity contribution in [3.05, 3.63) is 82.4 Å². The predicted octanol–water partition coefficient (Wildman–Crippen LogP) is 6.47. The molecular weight excluding hydrogens is 417 g/mol. The molecule has 6 heteroatoms. The second-order valence-electron chi connectivity index (χ2n) is 9.02. The van der Waals surface area contributed by atoms with Gasteiger partial charge in [0.05, 0.1) is 21.6 Å². The van der Waals surface area contributed by atoms with Crippen LogP contribution in [0.2, 0.25) is 0 Å². The van der Waals surface area contributed by atoms with E-state index < -0.39 is 18.3 Å². The van der Waals surface area contributed by atoms with Crippen LogP contribution in [0.5, 0.6) is 0 Å². The molecule has 0 spiro atoms. The van der Waals surface area contributed by atoms with Crippen molar-refractivity contribution in [2.75, 3.05) is 0 Å². The highest BCUT2D eigenvalue weighted by atomic mass is 32.1. The minimum Gasteiger partial charge on any atom is -0.400 e. The van der Waals surface area contributed by atoms with Crippen LogP contribution in [0.3, 0.4) is 0 Å². The summed E-state index contributed by atoms with van der Waals surface area (Å²) in [6.45, 7) is 10.4. The van der Waals surface area contributed by atoms with Crippen LogP contribution in [0.4, 0.5) is 0 Å². The SMILES string of the molecule is CC/C(B1OC(C)(C)C(C)(C)O1)=C(/c1ccc(C=O)cc1)c1ccc(-c2cncs2)cc1. The first-order valence-corrected chi connectivity index (χ1v) is 11.8. The fourth-order valence-corrected chi connectivity index (χ4v) is 4.50. The van der Waals surface area contributed by atoms with E-state index in [4.69, 9.17) is 9.31 Å². The lowest BCUT2D eigenvalue weighted by Crippen LogP contribution is -2.41. The van der Waals surface area contributed by atoms with Crippen molar-refractivity contribution in [3.63, 3.8) is 0 Å². The molecule has 1 aliphatic heterocycles. The van der Waals surface area contributed by atoms with Crippen molar-refractivity contribution in [3.8, 4) is 10.4 Å². The molecule has 0 amide bonds. The molecule has 1 aliphatic rings. The lowest BCUT2D eigenvalue weighted by Gasteiger charge is -2.32. The Kier molecular flexibility index (Phi) is 6.21. The monoisotopic (exact) mass is 445 g/mol. The summed E-state index contributed by atoms with van der Waals surface area (Å²) in [5, 5.41) is 0. The Balaban J connectivity index is 1.84.